The molecule has 0 spiro atoms. The fraction of sp³-hybridized carbons (Fsp3) is 0.0833. The van der Waals surface area contributed by atoms with Crippen LogP contribution in [-0.2, 0) is 6.54 Å². The highest BCUT2D eigenvalue weighted by molar-refractivity contribution is 5.74. The summed E-state index contributed by atoms with van der Waals surface area (Å²) >= 11 is 0. The SMILES string of the molecule is Cc1ccc(CNc2ncnc(Nc3ccc(N=Nc4ccccc4)cc3)c2[N+](=O)[O-])cc1. The molecular weight excluding hydrogens is 418 g/mol. The van der Waals surface area contributed by atoms with Gasteiger partial charge in [0.25, 0.3) is 0 Å². The van der Waals surface area contributed by atoms with Crippen molar-refractivity contribution in [2.24, 2.45) is 10.2 Å². The summed E-state index contributed by atoms with van der Waals surface area (Å²) < 4.78 is 0. The molecule has 0 saturated heterocycles. The van der Waals surface area contributed by atoms with E-state index in [1.165, 1.54) is 6.33 Å². The van der Waals surface area contributed by atoms with E-state index in [4.69, 9.17) is 0 Å². The number of nitro groups is 1. The van der Waals surface area contributed by atoms with Gasteiger partial charge in [0, 0.05) is 12.2 Å². The molecule has 0 aliphatic rings. The quantitative estimate of drug-likeness (QED) is 0.185. The second-order valence-electron chi connectivity index (χ2n) is 7.22. The maximum absolute atomic E-state index is 11.8. The van der Waals surface area contributed by atoms with Crippen molar-refractivity contribution >= 4 is 34.4 Å². The summed E-state index contributed by atoms with van der Waals surface area (Å²) in [6, 6.07) is 24.3. The molecule has 9 nitrogen and oxygen atoms in total. The van der Waals surface area contributed by atoms with Gasteiger partial charge in [0.1, 0.15) is 6.33 Å². The lowest BCUT2D eigenvalue weighted by Gasteiger charge is -2.10. The second-order valence-corrected chi connectivity index (χ2v) is 7.22. The van der Waals surface area contributed by atoms with Gasteiger partial charge < -0.3 is 10.6 Å². The van der Waals surface area contributed by atoms with Gasteiger partial charge in [-0.25, -0.2) is 9.97 Å². The number of rotatable bonds is 8. The third-order valence-corrected chi connectivity index (χ3v) is 4.75. The molecule has 0 amide bonds. The molecule has 0 atom stereocenters. The van der Waals surface area contributed by atoms with E-state index < -0.39 is 4.92 Å². The molecule has 1 aromatic heterocycles. The second kappa shape index (κ2) is 10.1. The first-order valence-corrected chi connectivity index (χ1v) is 10.2. The average Bonchev–Trinajstić information content (AvgIpc) is 2.84. The third-order valence-electron chi connectivity index (χ3n) is 4.75. The van der Waals surface area contributed by atoms with E-state index in [-0.39, 0.29) is 17.3 Å². The minimum atomic E-state index is -0.498. The molecule has 0 aliphatic heterocycles. The predicted octanol–water partition coefficient (Wildman–Crippen LogP) is 6.46. The van der Waals surface area contributed by atoms with Crippen molar-refractivity contribution in [1.82, 2.24) is 9.97 Å². The third kappa shape index (κ3) is 5.73. The van der Waals surface area contributed by atoms with Gasteiger partial charge in [-0.3, -0.25) is 10.1 Å². The molecule has 0 fully saturated rings. The molecule has 0 aliphatic carbocycles. The van der Waals surface area contributed by atoms with Gasteiger partial charge in [0.15, 0.2) is 0 Å². The molecule has 0 radical (unpaired) electrons. The summed E-state index contributed by atoms with van der Waals surface area (Å²) in [5.41, 5.74) is 3.94. The van der Waals surface area contributed by atoms with Crippen LogP contribution in [0.3, 0.4) is 0 Å². The normalized spacial score (nSPS) is 10.8. The number of anilines is 3. The fourth-order valence-corrected chi connectivity index (χ4v) is 3.02. The number of aryl methyl sites for hydroxylation is 1. The van der Waals surface area contributed by atoms with Gasteiger partial charge in [-0.2, -0.15) is 10.2 Å². The van der Waals surface area contributed by atoms with Crippen LogP contribution in [0.2, 0.25) is 0 Å². The molecule has 4 rings (SSSR count). The lowest BCUT2D eigenvalue weighted by atomic mass is 10.1. The van der Waals surface area contributed by atoms with Crippen molar-refractivity contribution in [3.63, 3.8) is 0 Å². The summed E-state index contributed by atoms with van der Waals surface area (Å²) in [6.07, 6.45) is 1.29. The Bertz CT molecular complexity index is 1260. The first kappa shape index (κ1) is 21.6. The molecule has 33 heavy (non-hydrogen) atoms. The van der Waals surface area contributed by atoms with Gasteiger partial charge in [-0.1, -0.05) is 48.0 Å². The van der Waals surface area contributed by atoms with E-state index in [1.54, 1.807) is 24.3 Å². The van der Waals surface area contributed by atoms with Gasteiger partial charge in [-0.15, -0.1) is 0 Å². The molecule has 4 aromatic rings. The van der Waals surface area contributed by atoms with E-state index in [2.05, 4.69) is 30.8 Å². The van der Waals surface area contributed by atoms with Crippen molar-refractivity contribution in [2.75, 3.05) is 10.6 Å². The Morgan fingerprint density at radius 3 is 2.15 bits per heavy atom. The van der Waals surface area contributed by atoms with Gasteiger partial charge in [0.05, 0.1) is 16.3 Å². The Morgan fingerprint density at radius 1 is 0.848 bits per heavy atom. The molecule has 0 bridgehead atoms. The van der Waals surface area contributed by atoms with Crippen LogP contribution in [0.5, 0.6) is 0 Å². The van der Waals surface area contributed by atoms with Gasteiger partial charge in [-0.05, 0) is 48.9 Å². The summed E-state index contributed by atoms with van der Waals surface area (Å²) in [7, 11) is 0. The Morgan fingerprint density at radius 2 is 1.48 bits per heavy atom. The molecular formula is C24H21N7O2. The summed E-state index contributed by atoms with van der Waals surface area (Å²) in [5, 5.41) is 26.2. The highest BCUT2D eigenvalue weighted by Gasteiger charge is 2.23. The fourth-order valence-electron chi connectivity index (χ4n) is 3.02. The number of hydrogen-bond acceptors (Lipinski definition) is 8. The van der Waals surface area contributed by atoms with E-state index >= 15 is 0 Å². The minimum absolute atomic E-state index is 0.0973. The Labute approximate surface area is 190 Å². The lowest BCUT2D eigenvalue weighted by molar-refractivity contribution is -0.383. The van der Waals surface area contributed by atoms with Crippen LogP contribution in [0.4, 0.5) is 34.4 Å². The topological polar surface area (TPSA) is 118 Å². The van der Waals surface area contributed by atoms with Crippen molar-refractivity contribution in [2.45, 2.75) is 13.5 Å². The van der Waals surface area contributed by atoms with E-state index in [1.807, 2.05) is 61.5 Å². The molecule has 0 saturated carbocycles. The van der Waals surface area contributed by atoms with Crippen LogP contribution >= 0.6 is 0 Å². The number of aromatic nitrogens is 2. The highest BCUT2D eigenvalue weighted by Crippen LogP contribution is 2.32. The van der Waals surface area contributed by atoms with Crippen LogP contribution in [0.15, 0.2) is 95.4 Å². The van der Waals surface area contributed by atoms with Crippen LogP contribution in [0, 0.1) is 17.0 Å². The summed E-state index contributed by atoms with van der Waals surface area (Å²) in [5.74, 6) is 0.242. The van der Waals surface area contributed by atoms with E-state index in [0.717, 1.165) is 16.8 Å². The van der Waals surface area contributed by atoms with E-state index in [9.17, 15) is 10.1 Å². The van der Waals surface area contributed by atoms with E-state index in [0.29, 0.717) is 17.9 Å². The number of benzene rings is 3. The Kier molecular flexibility index (Phi) is 6.60. The lowest BCUT2D eigenvalue weighted by Crippen LogP contribution is -2.08. The van der Waals surface area contributed by atoms with Crippen molar-refractivity contribution in [3.05, 3.63) is 106 Å². The van der Waals surface area contributed by atoms with Gasteiger partial charge in [0.2, 0.25) is 11.6 Å². The zero-order valence-electron chi connectivity index (χ0n) is 17.8. The maximum Gasteiger partial charge on any atom is 0.353 e. The van der Waals surface area contributed by atoms with Crippen molar-refractivity contribution < 1.29 is 4.92 Å². The molecule has 2 N–H and O–H groups in total. The van der Waals surface area contributed by atoms with Crippen LogP contribution in [0.1, 0.15) is 11.1 Å². The molecule has 164 valence electrons. The molecule has 9 heteroatoms. The van der Waals surface area contributed by atoms with Crippen LogP contribution in [-0.4, -0.2) is 14.9 Å². The first-order valence-electron chi connectivity index (χ1n) is 10.2. The van der Waals surface area contributed by atoms with Crippen molar-refractivity contribution in [3.8, 4) is 0 Å². The smallest absolute Gasteiger partial charge is 0.353 e. The monoisotopic (exact) mass is 439 g/mol. The zero-order chi connectivity index (χ0) is 23.0. The summed E-state index contributed by atoms with van der Waals surface area (Å²) in [6.45, 7) is 2.40. The average molecular weight is 439 g/mol. The molecule has 1 heterocycles. The molecule has 0 unspecified atom stereocenters. The first-order chi connectivity index (χ1) is 16.1. The Hall–Kier alpha value is -4.66. The van der Waals surface area contributed by atoms with Crippen molar-refractivity contribution in [1.29, 1.82) is 0 Å². The Balaban J connectivity index is 1.49. The summed E-state index contributed by atoms with van der Waals surface area (Å²) in [4.78, 5) is 19.4. The molecule has 3 aromatic carbocycles. The van der Waals surface area contributed by atoms with Crippen LogP contribution in [0.25, 0.3) is 0 Å². The number of nitrogens with one attached hydrogen (secondary N) is 2. The predicted molar refractivity (Wildman–Crippen MR) is 128 cm³/mol. The number of hydrogen-bond donors (Lipinski definition) is 2. The maximum atomic E-state index is 11.8. The highest BCUT2D eigenvalue weighted by atomic mass is 16.6. The number of azo groups is 1. The number of nitrogens with zero attached hydrogens (tertiary/aromatic N) is 5. The minimum Gasteiger partial charge on any atom is -0.360 e. The van der Waals surface area contributed by atoms with Crippen LogP contribution < -0.4 is 10.6 Å². The van der Waals surface area contributed by atoms with Gasteiger partial charge >= 0.3 is 5.69 Å². The zero-order valence-corrected chi connectivity index (χ0v) is 17.8. The standard InChI is InChI=1S/C24H21N7O2/c1-17-7-9-18(10-8-17)15-25-23-22(31(32)33)24(27-16-26-23)28-19-11-13-21(14-12-19)30-29-20-5-3-2-4-6-20/h2-14,16H,15H2,1H3,(H2,25,26,27,28). The largest absolute Gasteiger partial charge is 0.360 e.